The number of rotatable bonds is 6. The van der Waals surface area contributed by atoms with Gasteiger partial charge in [0.05, 0.1) is 17.5 Å². The largest absolute Gasteiger partial charge is 0.302 e. The summed E-state index contributed by atoms with van der Waals surface area (Å²) >= 11 is 0. The molecule has 2 aliphatic carbocycles. The maximum atomic E-state index is 11.7. The Morgan fingerprint density at radius 1 is 1.12 bits per heavy atom. The standard InChI is InChI=1S/C18H30N4O2S/c1-21(16-10-12-25(23,24)13-16)11-9-17-19-18(14-7-8-14)20-22(17)15-5-3-2-4-6-15/h14-16H,2-13H2,1H3/t16-/m0/s1. The Balaban J connectivity index is 1.43. The van der Waals surface area contributed by atoms with Crippen molar-refractivity contribution in [1.82, 2.24) is 19.7 Å². The molecule has 140 valence electrons. The monoisotopic (exact) mass is 366 g/mol. The van der Waals surface area contributed by atoms with Crippen molar-refractivity contribution in [3.8, 4) is 0 Å². The van der Waals surface area contributed by atoms with E-state index in [0.29, 0.717) is 23.5 Å². The van der Waals surface area contributed by atoms with Gasteiger partial charge in [-0.2, -0.15) is 5.10 Å². The molecule has 0 spiro atoms. The molecular formula is C18H30N4O2S. The lowest BCUT2D eigenvalue weighted by molar-refractivity contribution is 0.257. The zero-order valence-electron chi connectivity index (χ0n) is 15.2. The molecule has 0 bridgehead atoms. The van der Waals surface area contributed by atoms with Crippen LogP contribution in [-0.2, 0) is 16.3 Å². The molecule has 1 aromatic rings. The van der Waals surface area contributed by atoms with Gasteiger partial charge in [0.25, 0.3) is 0 Å². The smallest absolute Gasteiger partial charge is 0.154 e. The molecule has 0 amide bonds. The first-order chi connectivity index (χ1) is 12.0. The van der Waals surface area contributed by atoms with E-state index in [9.17, 15) is 8.42 Å². The topological polar surface area (TPSA) is 68.1 Å². The van der Waals surface area contributed by atoms with Crippen LogP contribution in [0.4, 0.5) is 0 Å². The summed E-state index contributed by atoms with van der Waals surface area (Å²) in [6, 6.07) is 0.680. The van der Waals surface area contributed by atoms with E-state index in [-0.39, 0.29) is 6.04 Å². The van der Waals surface area contributed by atoms with E-state index in [1.165, 1.54) is 44.9 Å². The summed E-state index contributed by atoms with van der Waals surface area (Å²) in [7, 11) is -0.772. The van der Waals surface area contributed by atoms with Crippen LogP contribution in [0.3, 0.4) is 0 Å². The molecule has 0 unspecified atom stereocenters. The molecule has 0 aromatic carbocycles. The molecule has 1 aliphatic heterocycles. The summed E-state index contributed by atoms with van der Waals surface area (Å²) < 4.78 is 25.7. The van der Waals surface area contributed by atoms with Crippen LogP contribution in [0.2, 0.25) is 0 Å². The first-order valence-electron chi connectivity index (χ1n) is 9.88. The van der Waals surface area contributed by atoms with Crippen molar-refractivity contribution in [2.45, 2.75) is 75.8 Å². The van der Waals surface area contributed by atoms with Crippen LogP contribution in [0.25, 0.3) is 0 Å². The SMILES string of the molecule is CN(CCc1nc(C2CC2)nn1C1CCCCC1)[C@H]1CCS(=O)(=O)C1. The maximum absolute atomic E-state index is 11.7. The van der Waals surface area contributed by atoms with Crippen molar-refractivity contribution in [1.29, 1.82) is 0 Å². The van der Waals surface area contributed by atoms with Crippen LogP contribution in [-0.4, -0.2) is 59.2 Å². The van der Waals surface area contributed by atoms with Crippen molar-refractivity contribution in [2.24, 2.45) is 0 Å². The van der Waals surface area contributed by atoms with Gasteiger partial charge in [-0.25, -0.2) is 18.1 Å². The summed E-state index contributed by atoms with van der Waals surface area (Å²) in [5.41, 5.74) is 0. The average Bonchev–Trinajstić information content (AvgIpc) is 3.26. The molecule has 2 saturated carbocycles. The highest BCUT2D eigenvalue weighted by molar-refractivity contribution is 7.91. The Labute approximate surface area is 150 Å². The van der Waals surface area contributed by atoms with Crippen molar-refractivity contribution in [3.63, 3.8) is 0 Å². The minimum absolute atomic E-state index is 0.166. The highest BCUT2D eigenvalue weighted by Crippen LogP contribution is 2.39. The minimum Gasteiger partial charge on any atom is -0.302 e. The van der Waals surface area contributed by atoms with Crippen LogP contribution in [0.15, 0.2) is 0 Å². The second-order valence-electron chi connectivity index (χ2n) is 8.18. The number of nitrogens with zero attached hydrogens (tertiary/aromatic N) is 4. The van der Waals surface area contributed by atoms with Crippen LogP contribution >= 0.6 is 0 Å². The third-order valence-electron chi connectivity index (χ3n) is 6.10. The fourth-order valence-corrected chi connectivity index (χ4v) is 6.06. The van der Waals surface area contributed by atoms with Crippen molar-refractivity contribution in [2.75, 3.05) is 25.1 Å². The normalized spacial score (nSPS) is 27.2. The number of hydrogen-bond donors (Lipinski definition) is 0. The molecule has 7 heteroatoms. The molecule has 1 atom stereocenters. The fraction of sp³-hybridized carbons (Fsp3) is 0.889. The molecule has 2 heterocycles. The van der Waals surface area contributed by atoms with E-state index in [1.54, 1.807) is 0 Å². The lowest BCUT2D eigenvalue weighted by atomic mass is 9.95. The molecule has 3 fully saturated rings. The summed E-state index contributed by atoms with van der Waals surface area (Å²) in [4.78, 5) is 7.09. The lowest BCUT2D eigenvalue weighted by Gasteiger charge is -2.25. The highest BCUT2D eigenvalue weighted by Gasteiger charge is 2.32. The van der Waals surface area contributed by atoms with Gasteiger partial charge in [0.2, 0.25) is 0 Å². The van der Waals surface area contributed by atoms with Crippen LogP contribution < -0.4 is 0 Å². The van der Waals surface area contributed by atoms with Crippen LogP contribution in [0.1, 0.15) is 75.0 Å². The van der Waals surface area contributed by atoms with Crippen molar-refractivity contribution in [3.05, 3.63) is 11.6 Å². The van der Waals surface area contributed by atoms with Crippen molar-refractivity contribution < 1.29 is 8.42 Å². The molecule has 25 heavy (non-hydrogen) atoms. The van der Waals surface area contributed by atoms with Crippen molar-refractivity contribution >= 4 is 9.84 Å². The van der Waals surface area contributed by atoms with Crippen LogP contribution in [0, 0.1) is 0 Å². The van der Waals surface area contributed by atoms with E-state index >= 15 is 0 Å². The summed E-state index contributed by atoms with van der Waals surface area (Å²) in [6.07, 6.45) is 10.5. The molecule has 1 saturated heterocycles. The van der Waals surface area contributed by atoms with E-state index in [0.717, 1.165) is 31.0 Å². The number of aromatic nitrogens is 3. The second-order valence-corrected chi connectivity index (χ2v) is 10.4. The van der Waals surface area contributed by atoms with E-state index in [2.05, 4.69) is 16.6 Å². The van der Waals surface area contributed by atoms with Gasteiger partial charge in [-0.05, 0) is 39.2 Å². The fourth-order valence-electron chi connectivity index (χ4n) is 4.26. The van der Waals surface area contributed by atoms with Gasteiger partial charge in [0.15, 0.2) is 15.7 Å². The molecule has 4 rings (SSSR count). The minimum atomic E-state index is -2.82. The number of sulfone groups is 1. The average molecular weight is 367 g/mol. The predicted octanol–water partition coefficient (Wildman–Crippen LogP) is 2.32. The van der Waals surface area contributed by atoms with Gasteiger partial charge in [-0.1, -0.05) is 19.3 Å². The second kappa shape index (κ2) is 6.99. The van der Waals surface area contributed by atoms with Gasteiger partial charge in [-0.3, -0.25) is 0 Å². The maximum Gasteiger partial charge on any atom is 0.154 e. The summed E-state index contributed by atoms with van der Waals surface area (Å²) in [5, 5.41) is 4.89. The first kappa shape index (κ1) is 17.5. The molecule has 0 N–H and O–H groups in total. The third kappa shape index (κ3) is 4.08. The molecule has 6 nitrogen and oxygen atoms in total. The third-order valence-corrected chi connectivity index (χ3v) is 7.85. The Hall–Kier alpha value is -0.950. The number of likely N-dealkylation sites (N-methyl/N-ethyl adjacent to an activating group) is 1. The van der Waals surface area contributed by atoms with E-state index in [4.69, 9.17) is 10.1 Å². The lowest BCUT2D eigenvalue weighted by Crippen LogP contribution is -2.34. The molecule has 3 aliphatic rings. The quantitative estimate of drug-likeness (QED) is 0.773. The van der Waals surface area contributed by atoms with Gasteiger partial charge >= 0.3 is 0 Å². The van der Waals surface area contributed by atoms with E-state index in [1.807, 2.05) is 0 Å². The Morgan fingerprint density at radius 3 is 2.52 bits per heavy atom. The van der Waals surface area contributed by atoms with Gasteiger partial charge in [0.1, 0.15) is 5.82 Å². The molecule has 1 aromatic heterocycles. The number of hydrogen-bond acceptors (Lipinski definition) is 5. The molecular weight excluding hydrogens is 336 g/mol. The summed E-state index contributed by atoms with van der Waals surface area (Å²) in [5.74, 6) is 3.40. The highest BCUT2D eigenvalue weighted by atomic mass is 32.2. The zero-order valence-corrected chi connectivity index (χ0v) is 16.0. The van der Waals surface area contributed by atoms with Gasteiger partial charge in [0, 0.05) is 24.9 Å². The first-order valence-corrected chi connectivity index (χ1v) is 11.7. The predicted molar refractivity (Wildman–Crippen MR) is 97.5 cm³/mol. The Kier molecular flexibility index (Phi) is 4.88. The Bertz CT molecular complexity index is 705. The summed E-state index contributed by atoms with van der Waals surface area (Å²) in [6.45, 7) is 0.857. The van der Waals surface area contributed by atoms with Crippen LogP contribution in [0.5, 0.6) is 0 Å². The van der Waals surface area contributed by atoms with Gasteiger partial charge in [-0.15, -0.1) is 0 Å². The zero-order chi connectivity index (χ0) is 17.4. The Morgan fingerprint density at radius 2 is 1.88 bits per heavy atom. The van der Waals surface area contributed by atoms with E-state index < -0.39 is 9.84 Å². The molecule has 0 radical (unpaired) electrons. The van der Waals surface area contributed by atoms with Gasteiger partial charge < -0.3 is 4.90 Å².